The van der Waals surface area contributed by atoms with Gasteiger partial charge in [-0.3, -0.25) is 0 Å². The van der Waals surface area contributed by atoms with Crippen LogP contribution in [0.3, 0.4) is 0 Å². The summed E-state index contributed by atoms with van der Waals surface area (Å²) >= 11 is 1.88. The number of rotatable bonds is 5. The maximum atomic E-state index is 13.0. The van der Waals surface area contributed by atoms with E-state index in [4.69, 9.17) is 9.97 Å². The molecule has 2 aromatic heterocycles. The molecule has 186 valence electrons. The fourth-order valence-electron chi connectivity index (χ4n) is 5.24. The highest BCUT2D eigenvalue weighted by molar-refractivity contribution is 7.19. The Labute approximate surface area is 212 Å². The highest BCUT2D eigenvalue weighted by Crippen LogP contribution is 2.42. The van der Waals surface area contributed by atoms with E-state index < -0.39 is 0 Å². The SMILES string of the molecule is CCc1ccccc1NC(=O)N1CCN(c2nc(C(C)CC)nc3sc4c(c23)CCC(C)C4)CC1. The lowest BCUT2D eigenvalue weighted by Gasteiger charge is -2.36. The first-order valence-electron chi connectivity index (χ1n) is 13.2. The van der Waals surface area contributed by atoms with Crippen LogP contribution in [0.25, 0.3) is 10.2 Å². The maximum Gasteiger partial charge on any atom is 0.321 e. The van der Waals surface area contributed by atoms with E-state index in [0.717, 1.165) is 72.4 Å². The summed E-state index contributed by atoms with van der Waals surface area (Å²) in [4.78, 5) is 30.2. The molecule has 7 heteroatoms. The van der Waals surface area contributed by atoms with E-state index in [1.165, 1.54) is 22.2 Å². The number of nitrogens with one attached hydrogen (secondary N) is 1. The van der Waals surface area contributed by atoms with Gasteiger partial charge in [0, 0.05) is 42.7 Å². The third kappa shape index (κ3) is 4.75. The van der Waals surface area contributed by atoms with E-state index in [2.05, 4.69) is 44.0 Å². The molecule has 1 aromatic carbocycles. The normalized spacial score (nSPS) is 19.0. The molecule has 1 aliphatic heterocycles. The molecule has 3 aromatic rings. The van der Waals surface area contributed by atoms with Crippen molar-refractivity contribution in [1.29, 1.82) is 0 Å². The van der Waals surface area contributed by atoms with Gasteiger partial charge in [0.05, 0.1) is 5.39 Å². The van der Waals surface area contributed by atoms with Gasteiger partial charge in [-0.25, -0.2) is 14.8 Å². The van der Waals surface area contributed by atoms with Gasteiger partial charge in [0.15, 0.2) is 0 Å². The van der Waals surface area contributed by atoms with Crippen molar-refractivity contribution in [2.45, 2.75) is 65.7 Å². The lowest BCUT2D eigenvalue weighted by atomic mass is 9.89. The lowest BCUT2D eigenvalue weighted by Crippen LogP contribution is -2.50. The zero-order chi connectivity index (χ0) is 24.5. The number of piperazine rings is 1. The minimum absolute atomic E-state index is 0.0134. The highest BCUT2D eigenvalue weighted by atomic mass is 32.1. The largest absolute Gasteiger partial charge is 0.352 e. The summed E-state index contributed by atoms with van der Waals surface area (Å²) in [6.45, 7) is 11.8. The number of aryl methyl sites for hydroxylation is 2. The molecule has 1 N–H and O–H groups in total. The second-order valence-electron chi connectivity index (χ2n) is 10.2. The second-order valence-corrected chi connectivity index (χ2v) is 11.2. The van der Waals surface area contributed by atoms with Crippen LogP contribution in [0.1, 0.15) is 68.3 Å². The number of fused-ring (bicyclic) bond motifs is 3. The van der Waals surface area contributed by atoms with Gasteiger partial charge in [-0.1, -0.05) is 45.9 Å². The average molecular weight is 492 g/mol. The fraction of sp³-hybridized carbons (Fsp3) is 0.536. The number of benzene rings is 1. The summed E-state index contributed by atoms with van der Waals surface area (Å²) in [7, 11) is 0. The second kappa shape index (κ2) is 10.1. The summed E-state index contributed by atoms with van der Waals surface area (Å²) < 4.78 is 0. The smallest absolute Gasteiger partial charge is 0.321 e. The number of amides is 2. The van der Waals surface area contributed by atoms with Crippen molar-refractivity contribution in [2.24, 2.45) is 5.92 Å². The van der Waals surface area contributed by atoms with Gasteiger partial charge in [-0.15, -0.1) is 11.3 Å². The van der Waals surface area contributed by atoms with Crippen molar-refractivity contribution in [3.05, 3.63) is 46.1 Å². The van der Waals surface area contributed by atoms with E-state index >= 15 is 0 Å². The average Bonchev–Trinajstić information content (AvgIpc) is 3.25. The molecule has 5 rings (SSSR count). The van der Waals surface area contributed by atoms with Crippen LogP contribution in [0.15, 0.2) is 24.3 Å². The monoisotopic (exact) mass is 491 g/mol. The summed E-state index contributed by atoms with van der Waals surface area (Å²) in [5.41, 5.74) is 3.55. The molecule has 1 aliphatic carbocycles. The molecule has 3 heterocycles. The summed E-state index contributed by atoms with van der Waals surface area (Å²) in [6.07, 6.45) is 5.44. The van der Waals surface area contributed by atoms with E-state index in [0.29, 0.717) is 19.0 Å². The first-order valence-corrected chi connectivity index (χ1v) is 14.0. The van der Waals surface area contributed by atoms with Gasteiger partial charge in [-0.05, 0) is 55.2 Å². The molecule has 1 saturated heterocycles. The molecule has 2 unspecified atom stereocenters. The maximum absolute atomic E-state index is 13.0. The number of carbonyl (C=O) groups is 1. The van der Waals surface area contributed by atoms with Gasteiger partial charge in [0.1, 0.15) is 16.5 Å². The van der Waals surface area contributed by atoms with Crippen LogP contribution in [-0.2, 0) is 19.3 Å². The zero-order valence-electron chi connectivity index (χ0n) is 21.4. The Bertz CT molecular complexity index is 1210. The minimum Gasteiger partial charge on any atom is -0.352 e. The molecule has 0 bridgehead atoms. The molecule has 0 radical (unpaired) electrons. The number of anilines is 2. The Hall–Kier alpha value is -2.67. The van der Waals surface area contributed by atoms with Crippen LogP contribution < -0.4 is 10.2 Å². The predicted molar refractivity (Wildman–Crippen MR) is 146 cm³/mol. The Balaban J connectivity index is 1.38. The molecular weight excluding hydrogens is 454 g/mol. The zero-order valence-corrected chi connectivity index (χ0v) is 22.2. The first-order chi connectivity index (χ1) is 17.0. The van der Waals surface area contributed by atoms with Crippen molar-refractivity contribution in [1.82, 2.24) is 14.9 Å². The number of thiophene rings is 1. The molecule has 2 aliphatic rings. The Kier molecular flexibility index (Phi) is 6.96. The van der Waals surface area contributed by atoms with Crippen LogP contribution in [0, 0.1) is 5.92 Å². The van der Waals surface area contributed by atoms with Crippen molar-refractivity contribution in [3.8, 4) is 0 Å². The molecule has 0 spiro atoms. The Morgan fingerprint density at radius 1 is 1.17 bits per heavy atom. The third-order valence-electron chi connectivity index (χ3n) is 7.71. The number of nitrogens with zero attached hydrogens (tertiary/aromatic N) is 4. The van der Waals surface area contributed by atoms with Crippen LogP contribution >= 0.6 is 11.3 Å². The van der Waals surface area contributed by atoms with Crippen LogP contribution in [0.4, 0.5) is 16.3 Å². The fourth-order valence-corrected chi connectivity index (χ4v) is 6.62. The highest BCUT2D eigenvalue weighted by Gasteiger charge is 2.29. The van der Waals surface area contributed by atoms with E-state index in [1.54, 1.807) is 0 Å². The van der Waals surface area contributed by atoms with Crippen LogP contribution in [0.2, 0.25) is 0 Å². The summed E-state index contributed by atoms with van der Waals surface area (Å²) in [6, 6.07) is 8.05. The topological polar surface area (TPSA) is 61.4 Å². The quantitative estimate of drug-likeness (QED) is 0.458. The number of para-hydroxylation sites is 1. The van der Waals surface area contributed by atoms with Gasteiger partial charge in [0.2, 0.25) is 0 Å². The standard InChI is InChI=1S/C28H37N5OS/c1-5-19(4)25-30-26(24-21-12-11-18(3)17-23(21)35-27(24)31-25)32-13-15-33(16-14-32)28(34)29-22-10-8-7-9-20(22)6-2/h7-10,18-19H,5-6,11-17H2,1-4H3,(H,29,34). The van der Waals surface area contributed by atoms with Crippen molar-refractivity contribution in [2.75, 3.05) is 36.4 Å². The van der Waals surface area contributed by atoms with Gasteiger partial charge >= 0.3 is 6.03 Å². The minimum atomic E-state index is -0.0134. The van der Waals surface area contributed by atoms with Crippen molar-refractivity contribution in [3.63, 3.8) is 0 Å². The molecule has 1 fully saturated rings. The van der Waals surface area contributed by atoms with Crippen molar-refractivity contribution >= 4 is 39.1 Å². The van der Waals surface area contributed by atoms with E-state index in [1.807, 2.05) is 34.4 Å². The number of urea groups is 1. The van der Waals surface area contributed by atoms with Gasteiger partial charge in [0.25, 0.3) is 0 Å². The molecule has 2 amide bonds. The third-order valence-corrected chi connectivity index (χ3v) is 8.86. The van der Waals surface area contributed by atoms with Gasteiger partial charge < -0.3 is 15.1 Å². The summed E-state index contributed by atoms with van der Waals surface area (Å²) in [5.74, 6) is 3.12. The van der Waals surface area contributed by atoms with Crippen LogP contribution in [-0.4, -0.2) is 47.1 Å². The summed E-state index contributed by atoms with van der Waals surface area (Å²) in [5, 5.41) is 4.41. The number of aromatic nitrogens is 2. The first kappa shape index (κ1) is 24.0. The molecule has 35 heavy (non-hydrogen) atoms. The predicted octanol–water partition coefficient (Wildman–Crippen LogP) is 6.25. The number of hydrogen-bond donors (Lipinski definition) is 1. The number of carbonyl (C=O) groups excluding carboxylic acids is 1. The van der Waals surface area contributed by atoms with E-state index in [9.17, 15) is 4.79 Å². The molecule has 6 nitrogen and oxygen atoms in total. The van der Waals surface area contributed by atoms with Gasteiger partial charge in [-0.2, -0.15) is 0 Å². The van der Waals surface area contributed by atoms with Crippen LogP contribution in [0.5, 0.6) is 0 Å². The van der Waals surface area contributed by atoms with E-state index in [-0.39, 0.29) is 6.03 Å². The Morgan fingerprint density at radius 3 is 2.69 bits per heavy atom. The number of hydrogen-bond acceptors (Lipinski definition) is 5. The molecule has 2 atom stereocenters. The van der Waals surface area contributed by atoms with Crippen molar-refractivity contribution < 1.29 is 4.79 Å². The molecular formula is C28H37N5OS. The molecule has 0 saturated carbocycles. The lowest BCUT2D eigenvalue weighted by molar-refractivity contribution is 0.208. The Morgan fingerprint density at radius 2 is 1.94 bits per heavy atom.